The van der Waals surface area contributed by atoms with Crippen LogP contribution in [0.1, 0.15) is 98.0 Å². The summed E-state index contributed by atoms with van der Waals surface area (Å²) in [7, 11) is 0. The van der Waals surface area contributed by atoms with Crippen molar-refractivity contribution in [3.05, 3.63) is 35.9 Å². The van der Waals surface area contributed by atoms with Gasteiger partial charge in [-0.25, -0.2) is 9.59 Å². The standard InChI is InChI=1S/C30H47N3O4/c1-28(2,3)36-26(34)32-23-14-12-22(13-15-23)31-19-30(16-17-30)20-33(27(35)37-29(4,5)6)25-18-24(25)21-10-8-7-9-11-21/h7-11,22-25,31H,12-20H2,1-6H3,(H,32,34)/t22?,23?,24-,25+/m1/s1. The second kappa shape index (κ2) is 10.8. The first-order chi connectivity index (χ1) is 17.3. The third-order valence-corrected chi connectivity index (χ3v) is 7.69. The van der Waals surface area contributed by atoms with Crippen LogP contribution < -0.4 is 10.6 Å². The Morgan fingerprint density at radius 1 is 0.919 bits per heavy atom. The number of nitrogens with zero attached hydrogens (tertiary/aromatic N) is 1. The van der Waals surface area contributed by atoms with Crippen molar-refractivity contribution in [1.29, 1.82) is 0 Å². The summed E-state index contributed by atoms with van der Waals surface area (Å²) in [5.41, 5.74) is 0.455. The van der Waals surface area contributed by atoms with Gasteiger partial charge in [-0.1, -0.05) is 30.3 Å². The third-order valence-electron chi connectivity index (χ3n) is 7.69. The summed E-state index contributed by atoms with van der Waals surface area (Å²) in [6.07, 6.45) is 6.74. The van der Waals surface area contributed by atoms with E-state index >= 15 is 0 Å². The molecule has 1 aromatic carbocycles. The van der Waals surface area contributed by atoms with Crippen LogP contribution in [0.15, 0.2) is 30.3 Å². The molecule has 3 fully saturated rings. The highest BCUT2D eigenvalue weighted by Gasteiger charge is 2.52. The highest BCUT2D eigenvalue weighted by molar-refractivity contribution is 5.70. The molecule has 0 aromatic heterocycles. The van der Waals surface area contributed by atoms with Crippen molar-refractivity contribution in [2.45, 2.75) is 122 Å². The molecule has 0 bridgehead atoms. The Morgan fingerprint density at radius 3 is 2.08 bits per heavy atom. The first-order valence-corrected chi connectivity index (χ1v) is 14.1. The molecule has 2 N–H and O–H groups in total. The van der Waals surface area contributed by atoms with Crippen LogP contribution in [0, 0.1) is 5.41 Å². The maximum atomic E-state index is 13.3. The molecule has 0 unspecified atom stereocenters. The van der Waals surface area contributed by atoms with Crippen LogP contribution in [0.5, 0.6) is 0 Å². The largest absolute Gasteiger partial charge is 0.444 e. The van der Waals surface area contributed by atoms with Gasteiger partial charge >= 0.3 is 12.2 Å². The van der Waals surface area contributed by atoms with E-state index in [9.17, 15) is 9.59 Å². The van der Waals surface area contributed by atoms with E-state index in [2.05, 4.69) is 34.9 Å². The SMILES string of the molecule is CC(C)(C)OC(=O)NC1CCC(NCC2(CN(C(=O)OC(C)(C)C)[C@H]3C[C@@H]3c3ccccc3)CC2)CC1. The number of alkyl carbamates (subject to hydrolysis) is 1. The Bertz CT molecular complexity index is 924. The highest BCUT2D eigenvalue weighted by atomic mass is 16.6. The molecule has 2 amide bonds. The molecule has 0 aliphatic heterocycles. The molecule has 3 aliphatic rings. The lowest BCUT2D eigenvalue weighted by molar-refractivity contribution is 0.0185. The zero-order chi connectivity index (χ0) is 26.8. The van der Waals surface area contributed by atoms with E-state index in [1.54, 1.807) is 0 Å². The Balaban J connectivity index is 1.28. The number of hydrogen-bond donors (Lipinski definition) is 2. The van der Waals surface area contributed by atoms with E-state index in [1.807, 2.05) is 52.5 Å². The molecule has 3 saturated carbocycles. The van der Waals surface area contributed by atoms with Gasteiger partial charge in [0.2, 0.25) is 0 Å². The van der Waals surface area contributed by atoms with Gasteiger partial charge in [0.1, 0.15) is 11.2 Å². The fourth-order valence-electron chi connectivity index (χ4n) is 5.43. The number of hydrogen-bond acceptors (Lipinski definition) is 5. The minimum Gasteiger partial charge on any atom is -0.444 e. The van der Waals surface area contributed by atoms with Crippen molar-refractivity contribution in [2.24, 2.45) is 5.41 Å². The molecule has 206 valence electrons. The Morgan fingerprint density at radius 2 is 1.51 bits per heavy atom. The summed E-state index contributed by atoms with van der Waals surface area (Å²) in [6, 6.07) is 11.4. The monoisotopic (exact) mass is 513 g/mol. The summed E-state index contributed by atoms with van der Waals surface area (Å²) >= 11 is 0. The average Bonchev–Trinajstić information content (AvgIpc) is 3.71. The zero-order valence-electron chi connectivity index (χ0n) is 23.6. The maximum Gasteiger partial charge on any atom is 0.410 e. The van der Waals surface area contributed by atoms with Crippen molar-refractivity contribution >= 4 is 12.2 Å². The fourth-order valence-corrected chi connectivity index (χ4v) is 5.43. The number of rotatable bonds is 8. The first kappa shape index (κ1) is 27.7. The fraction of sp³-hybridized carbons (Fsp3) is 0.733. The molecule has 2 atom stereocenters. The summed E-state index contributed by atoms with van der Waals surface area (Å²) in [4.78, 5) is 27.4. The Kier molecular flexibility index (Phi) is 8.13. The lowest BCUT2D eigenvalue weighted by Crippen LogP contribution is -2.47. The van der Waals surface area contributed by atoms with Gasteiger partial charge < -0.3 is 25.0 Å². The molecule has 7 heteroatoms. The van der Waals surface area contributed by atoms with Gasteiger partial charge in [0.25, 0.3) is 0 Å². The van der Waals surface area contributed by atoms with E-state index in [-0.39, 0.29) is 29.7 Å². The van der Waals surface area contributed by atoms with Crippen LogP contribution >= 0.6 is 0 Å². The van der Waals surface area contributed by atoms with Crippen LogP contribution in [-0.4, -0.2) is 59.5 Å². The lowest BCUT2D eigenvalue weighted by Gasteiger charge is -2.33. The van der Waals surface area contributed by atoms with Crippen LogP contribution in [0.25, 0.3) is 0 Å². The van der Waals surface area contributed by atoms with E-state index < -0.39 is 11.2 Å². The molecule has 1 aromatic rings. The van der Waals surface area contributed by atoms with Crippen LogP contribution in [0.2, 0.25) is 0 Å². The van der Waals surface area contributed by atoms with Gasteiger partial charge in [-0.15, -0.1) is 0 Å². The molecule has 0 saturated heterocycles. The molecule has 3 aliphatic carbocycles. The predicted molar refractivity (Wildman–Crippen MR) is 146 cm³/mol. The third kappa shape index (κ3) is 8.36. The second-order valence-electron chi connectivity index (χ2n) is 13.5. The average molecular weight is 514 g/mol. The van der Waals surface area contributed by atoms with Crippen molar-refractivity contribution in [3.8, 4) is 0 Å². The van der Waals surface area contributed by atoms with Gasteiger partial charge in [-0.3, -0.25) is 0 Å². The summed E-state index contributed by atoms with van der Waals surface area (Å²) in [6.45, 7) is 13.1. The molecule has 0 heterocycles. The maximum absolute atomic E-state index is 13.3. The minimum atomic E-state index is -0.507. The van der Waals surface area contributed by atoms with Crippen molar-refractivity contribution in [1.82, 2.24) is 15.5 Å². The predicted octanol–water partition coefficient (Wildman–Crippen LogP) is 5.99. The zero-order valence-corrected chi connectivity index (χ0v) is 23.6. The van der Waals surface area contributed by atoms with Gasteiger partial charge in [-0.2, -0.15) is 0 Å². The van der Waals surface area contributed by atoms with Crippen LogP contribution in [0.3, 0.4) is 0 Å². The van der Waals surface area contributed by atoms with Gasteiger partial charge in [-0.05, 0) is 92.1 Å². The number of benzene rings is 1. The summed E-state index contributed by atoms with van der Waals surface area (Å²) < 4.78 is 11.3. The minimum absolute atomic E-state index is 0.131. The highest BCUT2D eigenvalue weighted by Crippen LogP contribution is 2.51. The van der Waals surface area contributed by atoms with E-state index in [1.165, 1.54) is 5.56 Å². The number of ether oxygens (including phenoxy) is 2. The van der Waals surface area contributed by atoms with Crippen LogP contribution in [-0.2, 0) is 9.47 Å². The van der Waals surface area contributed by atoms with Gasteiger partial charge in [0.05, 0.1) is 0 Å². The first-order valence-electron chi connectivity index (χ1n) is 14.1. The number of carbonyl (C=O) groups excluding carboxylic acids is 2. The number of carbonyl (C=O) groups is 2. The van der Waals surface area contributed by atoms with E-state index in [4.69, 9.17) is 9.47 Å². The Labute approximate surface area is 223 Å². The van der Waals surface area contributed by atoms with Crippen LogP contribution in [0.4, 0.5) is 9.59 Å². The quantitative estimate of drug-likeness (QED) is 0.447. The van der Waals surface area contributed by atoms with Crippen molar-refractivity contribution in [3.63, 3.8) is 0 Å². The summed E-state index contributed by atoms with van der Waals surface area (Å²) in [5.74, 6) is 0.394. The molecular weight excluding hydrogens is 466 g/mol. The second-order valence-corrected chi connectivity index (χ2v) is 13.5. The van der Waals surface area contributed by atoms with Gasteiger partial charge in [0.15, 0.2) is 0 Å². The molecule has 0 spiro atoms. The summed E-state index contributed by atoms with van der Waals surface area (Å²) in [5, 5.41) is 6.84. The molecule has 0 radical (unpaired) electrons. The molecule has 4 rings (SSSR count). The Hall–Kier alpha value is -2.28. The number of nitrogens with one attached hydrogen (secondary N) is 2. The topological polar surface area (TPSA) is 79.9 Å². The molecular formula is C30H47N3O4. The normalized spacial score (nSPS) is 26.6. The lowest BCUT2D eigenvalue weighted by atomic mass is 9.90. The molecule has 7 nitrogen and oxygen atoms in total. The van der Waals surface area contributed by atoms with Crippen molar-refractivity contribution < 1.29 is 19.1 Å². The number of amides is 2. The van der Waals surface area contributed by atoms with Gasteiger partial charge in [0, 0.05) is 42.5 Å². The molecule has 37 heavy (non-hydrogen) atoms. The van der Waals surface area contributed by atoms with E-state index in [0.29, 0.717) is 12.0 Å². The van der Waals surface area contributed by atoms with E-state index in [0.717, 1.165) is 58.0 Å². The van der Waals surface area contributed by atoms with Crippen molar-refractivity contribution in [2.75, 3.05) is 13.1 Å². The smallest absolute Gasteiger partial charge is 0.410 e.